The number of thiocarbonyl (C=S) groups is 1. The molecule has 3 aromatic rings. The van der Waals surface area contributed by atoms with Crippen molar-refractivity contribution in [1.82, 2.24) is 10.2 Å². The molecule has 0 saturated carbocycles. The third-order valence-electron chi connectivity index (χ3n) is 5.51. The Bertz CT molecular complexity index is 1140. The number of para-hydroxylation sites is 2. The minimum absolute atomic E-state index is 0.174. The Labute approximate surface area is 198 Å². The molecule has 2 aromatic carbocycles. The molecule has 166 valence electrons. The number of hydrogen-bond acceptors (Lipinski definition) is 5. The van der Waals surface area contributed by atoms with E-state index in [0.29, 0.717) is 10.8 Å². The lowest BCUT2D eigenvalue weighted by molar-refractivity contribution is 0.0951. The molecular formula is C24H25ClN4O2S. The summed E-state index contributed by atoms with van der Waals surface area (Å²) in [5.74, 6) is 0.327. The van der Waals surface area contributed by atoms with Crippen molar-refractivity contribution < 1.29 is 9.21 Å². The van der Waals surface area contributed by atoms with Gasteiger partial charge in [0.05, 0.1) is 11.4 Å². The van der Waals surface area contributed by atoms with E-state index in [9.17, 15) is 4.79 Å². The van der Waals surface area contributed by atoms with Crippen molar-refractivity contribution in [3.05, 3.63) is 70.9 Å². The number of piperazine rings is 1. The molecule has 1 saturated heterocycles. The van der Waals surface area contributed by atoms with Crippen LogP contribution in [0.25, 0.3) is 11.3 Å². The van der Waals surface area contributed by atoms with Gasteiger partial charge in [-0.05, 0) is 62.1 Å². The van der Waals surface area contributed by atoms with Gasteiger partial charge in [-0.15, -0.1) is 0 Å². The molecule has 0 spiro atoms. The van der Waals surface area contributed by atoms with Gasteiger partial charge in [-0.2, -0.15) is 0 Å². The van der Waals surface area contributed by atoms with Gasteiger partial charge in [0.15, 0.2) is 10.9 Å². The maximum atomic E-state index is 12.7. The highest BCUT2D eigenvalue weighted by Crippen LogP contribution is 2.28. The number of anilines is 2. The molecule has 1 fully saturated rings. The van der Waals surface area contributed by atoms with Crippen LogP contribution in [0.2, 0.25) is 5.02 Å². The molecule has 0 atom stereocenters. The Kier molecular flexibility index (Phi) is 6.79. The molecule has 1 aliphatic heterocycles. The van der Waals surface area contributed by atoms with E-state index in [1.165, 1.54) is 0 Å². The number of nitrogens with one attached hydrogen (secondary N) is 2. The fraction of sp³-hybridized carbons (Fsp3) is 0.250. The zero-order chi connectivity index (χ0) is 22.7. The van der Waals surface area contributed by atoms with Crippen LogP contribution in [0.3, 0.4) is 0 Å². The van der Waals surface area contributed by atoms with Gasteiger partial charge in [0.25, 0.3) is 5.91 Å². The molecule has 32 heavy (non-hydrogen) atoms. The second-order valence-corrected chi connectivity index (χ2v) is 8.66. The van der Waals surface area contributed by atoms with Gasteiger partial charge in [-0.25, -0.2) is 0 Å². The highest BCUT2D eigenvalue weighted by atomic mass is 35.5. The summed E-state index contributed by atoms with van der Waals surface area (Å²) in [7, 11) is 2.12. The van der Waals surface area contributed by atoms with E-state index in [2.05, 4.69) is 33.5 Å². The summed E-state index contributed by atoms with van der Waals surface area (Å²) >= 11 is 11.6. The van der Waals surface area contributed by atoms with Crippen molar-refractivity contribution in [1.29, 1.82) is 0 Å². The summed E-state index contributed by atoms with van der Waals surface area (Å²) in [6, 6.07) is 17.0. The molecule has 0 aliphatic carbocycles. The fourth-order valence-corrected chi connectivity index (χ4v) is 3.97. The van der Waals surface area contributed by atoms with Crippen LogP contribution in [0.15, 0.2) is 59.0 Å². The van der Waals surface area contributed by atoms with Gasteiger partial charge in [0, 0.05) is 36.8 Å². The number of benzene rings is 2. The molecule has 0 unspecified atom stereocenters. The van der Waals surface area contributed by atoms with Gasteiger partial charge in [-0.1, -0.05) is 35.9 Å². The van der Waals surface area contributed by atoms with Crippen molar-refractivity contribution in [3.8, 4) is 11.3 Å². The highest BCUT2D eigenvalue weighted by molar-refractivity contribution is 7.80. The normalized spacial score (nSPS) is 14.3. The smallest absolute Gasteiger partial charge is 0.293 e. The van der Waals surface area contributed by atoms with Crippen LogP contribution in [0, 0.1) is 6.92 Å². The minimum atomic E-state index is -0.413. The Balaban J connectivity index is 1.41. The van der Waals surface area contributed by atoms with E-state index < -0.39 is 5.91 Å². The molecule has 4 rings (SSSR count). The predicted molar refractivity (Wildman–Crippen MR) is 134 cm³/mol. The first-order valence-electron chi connectivity index (χ1n) is 10.4. The van der Waals surface area contributed by atoms with Crippen molar-refractivity contribution >= 4 is 46.2 Å². The van der Waals surface area contributed by atoms with Crippen LogP contribution >= 0.6 is 23.8 Å². The topological polar surface area (TPSA) is 60.8 Å². The van der Waals surface area contributed by atoms with Crippen LogP contribution in [0.1, 0.15) is 16.1 Å². The van der Waals surface area contributed by atoms with Gasteiger partial charge in [-0.3, -0.25) is 10.1 Å². The highest BCUT2D eigenvalue weighted by Gasteiger charge is 2.18. The standard InChI is InChI=1S/C24H25ClN4O2S/c1-16-7-8-17(15-18(16)25)21-9-10-22(31-21)23(30)27-24(32)26-19-5-3-4-6-20(19)29-13-11-28(2)12-14-29/h3-10,15H,11-14H2,1-2H3,(H2,26,27,30,32). The quantitative estimate of drug-likeness (QED) is 0.537. The summed E-state index contributed by atoms with van der Waals surface area (Å²) in [5.41, 5.74) is 3.71. The Morgan fingerprint density at radius 3 is 2.56 bits per heavy atom. The molecule has 1 aliphatic rings. The lowest BCUT2D eigenvalue weighted by atomic mass is 10.1. The Hall–Kier alpha value is -2.87. The van der Waals surface area contributed by atoms with E-state index in [1.807, 2.05) is 43.3 Å². The van der Waals surface area contributed by atoms with Crippen LogP contribution in [0.5, 0.6) is 0 Å². The second-order valence-electron chi connectivity index (χ2n) is 7.84. The number of amides is 1. The van der Waals surface area contributed by atoms with E-state index in [0.717, 1.165) is 48.7 Å². The Morgan fingerprint density at radius 1 is 1.06 bits per heavy atom. The van der Waals surface area contributed by atoms with E-state index >= 15 is 0 Å². The number of furan rings is 1. The number of halogens is 1. The summed E-state index contributed by atoms with van der Waals surface area (Å²) in [6.45, 7) is 5.81. The van der Waals surface area contributed by atoms with E-state index in [1.54, 1.807) is 12.1 Å². The number of aryl methyl sites for hydroxylation is 1. The summed E-state index contributed by atoms with van der Waals surface area (Å²) < 4.78 is 5.74. The van der Waals surface area contributed by atoms with Gasteiger partial charge in [0.2, 0.25) is 0 Å². The van der Waals surface area contributed by atoms with Crippen molar-refractivity contribution in [3.63, 3.8) is 0 Å². The number of nitrogens with zero attached hydrogens (tertiary/aromatic N) is 2. The molecule has 6 nitrogen and oxygen atoms in total. The third-order valence-corrected chi connectivity index (χ3v) is 6.12. The van der Waals surface area contributed by atoms with Crippen molar-refractivity contribution in [2.45, 2.75) is 6.92 Å². The van der Waals surface area contributed by atoms with Gasteiger partial charge in [0.1, 0.15) is 5.76 Å². The monoisotopic (exact) mass is 468 g/mol. The number of likely N-dealkylation sites (N-methyl/N-ethyl adjacent to an activating group) is 1. The molecule has 8 heteroatoms. The molecule has 2 N–H and O–H groups in total. The zero-order valence-corrected chi connectivity index (χ0v) is 19.6. The molecule has 0 radical (unpaired) electrons. The van der Waals surface area contributed by atoms with Crippen LogP contribution in [-0.4, -0.2) is 49.1 Å². The fourth-order valence-electron chi connectivity index (χ4n) is 3.58. The van der Waals surface area contributed by atoms with Crippen molar-refractivity contribution in [2.24, 2.45) is 0 Å². The first kappa shape index (κ1) is 22.3. The summed E-state index contributed by atoms with van der Waals surface area (Å²) in [6.07, 6.45) is 0. The number of hydrogen-bond donors (Lipinski definition) is 2. The average Bonchev–Trinajstić information content (AvgIpc) is 3.27. The second kappa shape index (κ2) is 9.73. The minimum Gasteiger partial charge on any atom is -0.451 e. The number of carbonyl (C=O) groups excluding carboxylic acids is 1. The zero-order valence-electron chi connectivity index (χ0n) is 18.0. The molecule has 2 heterocycles. The van der Waals surface area contributed by atoms with Gasteiger partial charge < -0.3 is 19.5 Å². The van der Waals surface area contributed by atoms with Crippen LogP contribution < -0.4 is 15.5 Å². The SMILES string of the molecule is Cc1ccc(-c2ccc(C(=O)NC(=S)Nc3ccccc3N3CCN(C)CC3)o2)cc1Cl. The van der Waals surface area contributed by atoms with Crippen LogP contribution in [-0.2, 0) is 0 Å². The maximum absolute atomic E-state index is 12.7. The van der Waals surface area contributed by atoms with E-state index in [-0.39, 0.29) is 10.9 Å². The largest absolute Gasteiger partial charge is 0.451 e. The number of rotatable bonds is 4. The first-order valence-corrected chi connectivity index (χ1v) is 11.2. The maximum Gasteiger partial charge on any atom is 0.293 e. The average molecular weight is 469 g/mol. The summed E-state index contributed by atoms with van der Waals surface area (Å²) in [5, 5.41) is 6.72. The molecule has 1 aromatic heterocycles. The third kappa shape index (κ3) is 5.12. The molecular weight excluding hydrogens is 444 g/mol. The lowest BCUT2D eigenvalue weighted by Gasteiger charge is -2.35. The Morgan fingerprint density at radius 2 is 1.81 bits per heavy atom. The lowest BCUT2D eigenvalue weighted by Crippen LogP contribution is -2.45. The number of carbonyl (C=O) groups is 1. The molecule has 0 bridgehead atoms. The van der Waals surface area contributed by atoms with Gasteiger partial charge >= 0.3 is 0 Å². The van der Waals surface area contributed by atoms with Crippen molar-refractivity contribution in [2.75, 3.05) is 43.4 Å². The van der Waals surface area contributed by atoms with Crippen LogP contribution in [0.4, 0.5) is 11.4 Å². The van der Waals surface area contributed by atoms with E-state index in [4.69, 9.17) is 28.2 Å². The molecule has 1 amide bonds. The summed E-state index contributed by atoms with van der Waals surface area (Å²) in [4.78, 5) is 17.3. The first-order chi connectivity index (χ1) is 15.4. The predicted octanol–water partition coefficient (Wildman–Crippen LogP) is 4.79.